The number of aliphatic carboxylic acids is 1. The lowest BCUT2D eigenvalue weighted by Crippen LogP contribution is -2.29. The number of rotatable bonds is 13. The number of nitrogens with zero attached hydrogens (tertiary/aromatic N) is 5. The fourth-order valence-electron chi connectivity index (χ4n) is 4.04. The summed E-state index contributed by atoms with van der Waals surface area (Å²) in [7, 11) is -9.97. The Morgan fingerprint density at radius 3 is 2.24 bits per heavy atom. The SMILES string of the molecule is NC(CCCCNc1nc(O)nc(Nc2cc(S(=O)(=O)O)cc3cc(S(=O)(=O)O)c(/N=N/c4ccccc4)c(O)c23)n1)C(=O)O. The molecular weight excluding hydrogens is 636 g/mol. The summed E-state index contributed by atoms with van der Waals surface area (Å²) in [5, 5.41) is 42.8. The van der Waals surface area contributed by atoms with Crippen molar-refractivity contribution >= 4 is 65.9 Å². The zero-order valence-corrected chi connectivity index (χ0v) is 24.6. The molecule has 0 saturated heterocycles. The molecule has 0 radical (unpaired) electrons. The van der Waals surface area contributed by atoms with Crippen LogP contribution in [0.2, 0.25) is 0 Å². The molecule has 1 unspecified atom stereocenters. The highest BCUT2D eigenvalue weighted by Gasteiger charge is 2.26. The van der Waals surface area contributed by atoms with E-state index in [9.17, 15) is 40.9 Å². The summed E-state index contributed by atoms with van der Waals surface area (Å²) in [6, 6.07) is 8.76. The van der Waals surface area contributed by atoms with Crippen LogP contribution in [0.1, 0.15) is 19.3 Å². The van der Waals surface area contributed by atoms with Gasteiger partial charge in [-0.25, -0.2) is 0 Å². The van der Waals surface area contributed by atoms with Crippen LogP contribution >= 0.6 is 0 Å². The smallest absolute Gasteiger partial charge is 0.320 e. The molecule has 1 heterocycles. The van der Waals surface area contributed by atoms with Gasteiger partial charge in [0.15, 0.2) is 5.75 Å². The van der Waals surface area contributed by atoms with Crippen molar-refractivity contribution in [3.8, 4) is 11.8 Å². The monoisotopic (exact) mass is 662 g/mol. The third kappa shape index (κ3) is 8.33. The van der Waals surface area contributed by atoms with E-state index < -0.39 is 59.5 Å². The van der Waals surface area contributed by atoms with Gasteiger partial charge in [-0.15, -0.1) is 5.11 Å². The van der Waals surface area contributed by atoms with Gasteiger partial charge in [-0.05, 0) is 55.0 Å². The molecule has 1 atom stereocenters. The topological polar surface area (TPSA) is 300 Å². The first-order valence-electron chi connectivity index (χ1n) is 12.8. The van der Waals surface area contributed by atoms with Crippen molar-refractivity contribution in [2.75, 3.05) is 17.2 Å². The summed E-state index contributed by atoms with van der Waals surface area (Å²) in [5.74, 6) is -2.51. The predicted octanol–water partition coefficient (Wildman–Crippen LogP) is 3.08. The molecule has 3 aromatic carbocycles. The number of hydrogen-bond acceptors (Lipinski definition) is 15. The first-order chi connectivity index (χ1) is 21.1. The number of phenolic OH excluding ortho intramolecular Hbond substituents is 1. The van der Waals surface area contributed by atoms with Crippen LogP contribution < -0.4 is 16.4 Å². The Kier molecular flexibility index (Phi) is 9.73. The van der Waals surface area contributed by atoms with Crippen LogP contribution in [0.25, 0.3) is 10.8 Å². The molecule has 0 fully saturated rings. The first kappa shape index (κ1) is 32.9. The molecule has 238 valence electrons. The number of carboxylic acids is 1. The summed E-state index contributed by atoms with van der Waals surface area (Å²) in [4.78, 5) is 20.7. The van der Waals surface area contributed by atoms with Crippen LogP contribution in [-0.4, -0.2) is 74.8 Å². The van der Waals surface area contributed by atoms with Crippen LogP contribution in [0.15, 0.2) is 68.6 Å². The lowest BCUT2D eigenvalue weighted by molar-refractivity contribution is -0.138. The molecule has 0 aliphatic rings. The number of azo groups is 1. The van der Waals surface area contributed by atoms with Crippen LogP contribution in [0.3, 0.4) is 0 Å². The Hall–Kier alpha value is -5.02. The van der Waals surface area contributed by atoms with Crippen molar-refractivity contribution in [2.45, 2.75) is 35.1 Å². The Bertz CT molecular complexity index is 1990. The summed E-state index contributed by atoms with van der Waals surface area (Å²) >= 11 is 0. The van der Waals surface area contributed by atoms with E-state index in [0.29, 0.717) is 12.8 Å². The molecule has 0 aliphatic heterocycles. The van der Waals surface area contributed by atoms with E-state index in [1.807, 2.05) is 0 Å². The van der Waals surface area contributed by atoms with Gasteiger partial charge < -0.3 is 31.7 Å². The van der Waals surface area contributed by atoms with Crippen LogP contribution in [0.5, 0.6) is 11.8 Å². The van der Waals surface area contributed by atoms with E-state index in [1.54, 1.807) is 18.2 Å². The molecule has 18 nitrogen and oxygen atoms in total. The standard InChI is InChI=1S/C25H26N8O10S2/c26-16(22(35)36)8-4-5-9-27-23-29-24(31-25(37)30-23)28-17-12-15(44(38,39)40)10-13-11-18(45(41,42)43)20(21(34)19(13)17)33-32-14-6-2-1-3-7-14/h1-3,6-7,10-12,16,34H,4-5,8-9,26H2,(H,35,36)(H,38,39,40)(H,41,42,43)(H3,27,28,29,30,31,37)/b33-32+. The predicted molar refractivity (Wildman–Crippen MR) is 159 cm³/mol. The lowest BCUT2D eigenvalue weighted by atomic mass is 10.1. The number of aromatic nitrogens is 3. The second-order valence-corrected chi connectivity index (χ2v) is 12.2. The minimum absolute atomic E-state index is 0.141. The summed E-state index contributed by atoms with van der Waals surface area (Å²) < 4.78 is 68.3. The van der Waals surface area contributed by atoms with E-state index in [1.165, 1.54) is 12.1 Å². The molecule has 9 N–H and O–H groups in total. The fourth-order valence-corrected chi connectivity index (χ4v) is 5.24. The number of fused-ring (bicyclic) bond motifs is 1. The largest absolute Gasteiger partial charge is 0.505 e. The van der Waals surface area contributed by atoms with E-state index >= 15 is 0 Å². The summed E-state index contributed by atoms with van der Waals surface area (Å²) in [6.45, 7) is 0.241. The van der Waals surface area contributed by atoms with Crippen molar-refractivity contribution in [2.24, 2.45) is 16.0 Å². The average molecular weight is 663 g/mol. The molecule has 0 saturated carbocycles. The second kappa shape index (κ2) is 13.3. The fraction of sp³-hybridized carbons (Fsp3) is 0.200. The highest BCUT2D eigenvalue weighted by molar-refractivity contribution is 7.86. The minimum atomic E-state index is -5.06. The molecular formula is C25H26N8O10S2. The first-order valence-corrected chi connectivity index (χ1v) is 15.7. The van der Waals surface area contributed by atoms with E-state index in [0.717, 1.165) is 18.2 Å². The number of carbonyl (C=O) groups is 1. The molecule has 20 heteroatoms. The molecule has 0 amide bonds. The molecule has 1 aromatic heterocycles. The van der Waals surface area contributed by atoms with Crippen molar-refractivity contribution in [1.82, 2.24) is 15.0 Å². The molecule has 0 aliphatic carbocycles. The van der Waals surface area contributed by atoms with E-state index in [2.05, 4.69) is 35.8 Å². The maximum Gasteiger partial charge on any atom is 0.320 e. The maximum absolute atomic E-state index is 12.2. The zero-order chi connectivity index (χ0) is 32.9. The molecule has 4 rings (SSSR count). The third-order valence-electron chi connectivity index (χ3n) is 6.13. The number of unbranched alkanes of at least 4 members (excludes halogenated alkanes) is 1. The molecule has 0 spiro atoms. The number of aromatic hydroxyl groups is 2. The van der Waals surface area contributed by atoms with Crippen molar-refractivity contribution in [1.29, 1.82) is 0 Å². The lowest BCUT2D eigenvalue weighted by Gasteiger charge is -2.15. The number of hydrogen-bond donors (Lipinski definition) is 8. The normalized spacial score (nSPS) is 12.8. The van der Waals surface area contributed by atoms with Gasteiger partial charge >= 0.3 is 12.0 Å². The Morgan fingerprint density at radius 2 is 1.60 bits per heavy atom. The van der Waals surface area contributed by atoms with Crippen molar-refractivity contribution in [3.63, 3.8) is 0 Å². The summed E-state index contributed by atoms with van der Waals surface area (Å²) in [5.41, 5.74) is 4.75. The number of benzene rings is 3. The van der Waals surface area contributed by atoms with Crippen molar-refractivity contribution < 1.29 is 46.1 Å². The van der Waals surface area contributed by atoms with Crippen LogP contribution in [0, 0.1) is 0 Å². The van der Waals surface area contributed by atoms with Gasteiger partial charge in [0.2, 0.25) is 11.9 Å². The number of carboxylic acid groups (broad SMARTS) is 1. The van der Waals surface area contributed by atoms with E-state index in [4.69, 9.17) is 10.8 Å². The van der Waals surface area contributed by atoms with Crippen LogP contribution in [0.4, 0.5) is 29.0 Å². The van der Waals surface area contributed by atoms with E-state index in [-0.39, 0.29) is 47.0 Å². The Morgan fingerprint density at radius 1 is 0.911 bits per heavy atom. The maximum atomic E-state index is 12.2. The van der Waals surface area contributed by atoms with Gasteiger partial charge in [-0.2, -0.15) is 36.9 Å². The zero-order valence-electron chi connectivity index (χ0n) is 22.9. The quantitative estimate of drug-likeness (QED) is 0.0579. The van der Waals surface area contributed by atoms with Gasteiger partial charge in [0, 0.05) is 11.9 Å². The second-order valence-electron chi connectivity index (χ2n) is 9.40. The highest BCUT2D eigenvalue weighted by Crippen LogP contribution is 2.45. The van der Waals surface area contributed by atoms with Gasteiger partial charge in [-0.1, -0.05) is 18.2 Å². The number of phenols is 1. The number of nitrogens with one attached hydrogen (secondary N) is 2. The highest BCUT2D eigenvalue weighted by atomic mass is 32.2. The summed E-state index contributed by atoms with van der Waals surface area (Å²) in [6.07, 6.45) is 1.13. The van der Waals surface area contributed by atoms with Gasteiger partial charge in [-0.3, -0.25) is 13.9 Å². The molecule has 0 bridgehead atoms. The number of nitrogens with two attached hydrogens (primary N) is 1. The van der Waals surface area contributed by atoms with Gasteiger partial charge in [0.05, 0.1) is 16.3 Å². The Balaban J connectivity index is 1.77. The van der Waals surface area contributed by atoms with Crippen molar-refractivity contribution in [3.05, 3.63) is 48.5 Å². The average Bonchev–Trinajstić information content (AvgIpc) is 2.95. The van der Waals surface area contributed by atoms with Gasteiger partial charge in [0.1, 0.15) is 16.6 Å². The van der Waals surface area contributed by atoms with Crippen LogP contribution in [-0.2, 0) is 25.0 Å². The third-order valence-corrected chi connectivity index (χ3v) is 7.83. The Labute approximate surface area is 255 Å². The molecule has 4 aromatic rings. The molecule has 45 heavy (non-hydrogen) atoms. The minimum Gasteiger partial charge on any atom is -0.505 e. The van der Waals surface area contributed by atoms with Gasteiger partial charge in [0.25, 0.3) is 20.2 Å². The number of anilines is 3.